The molecule has 0 saturated heterocycles. The topological polar surface area (TPSA) is 47.6 Å². The molecule has 110 valence electrons. The van der Waals surface area contributed by atoms with Crippen molar-refractivity contribution in [1.82, 2.24) is 0 Å². The molecule has 4 aliphatic carbocycles. The Labute approximate surface area is 132 Å². The van der Waals surface area contributed by atoms with Gasteiger partial charge in [0.15, 0.2) is 0 Å². The summed E-state index contributed by atoms with van der Waals surface area (Å²) >= 11 is 0. The van der Waals surface area contributed by atoms with E-state index in [-0.39, 0.29) is 11.5 Å². The summed E-state index contributed by atoms with van der Waals surface area (Å²) < 4.78 is 0. The molecule has 2 bridgehead atoms. The molecule has 4 atom stereocenters. The fourth-order valence-electron chi connectivity index (χ4n) is 3.91. The first-order chi connectivity index (χ1) is 10.6. The third-order valence-corrected chi connectivity index (χ3v) is 5.33. The number of hydrogen-bond acceptors (Lipinski definition) is 2. The standard InChI is InChI=1S/C20H20N2/c1-12(2)13(3)16-8-9-19-18-7-5-14(20(16)19)4-6-17(18)15(10-21)11-22/h4-9,12,14,18-20H,1-3H3/b16-13+/t14-,18-,19-,20-/m0/s1. The third kappa shape index (κ3) is 2.08. The van der Waals surface area contributed by atoms with E-state index in [2.05, 4.69) is 63.3 Å². The Hall–Kier alpha value is -2.32. The molecule has 0 saturated carbocycles. The molecule has 0 aromatic heterocycles. The van der Waals surface area contributed by atoms with Crippen LogP contribution >= 0.6 is 0 Å². The zero-order valence-corrected chi connectivity index (χ0v) is 13.2. The van der Waals surface area contributed by atoms with Crippen LogP contribution in [0.4, 0.5) is 0 Å². The van der Waals surface area contributed by atoms with E-state index in [0.717, 1.165) is 5.57 Å². The van der Waals surface area contributed by atoms with E-state index in [4.69, 9.17) is 0 Å². The number of allylic oxidation sites excluding steroid dienone is 10. The Kier molecular flexibility index (Phi) is 3.63. The van der Waals surface area contributed by atoms with Gasteiger partial charge in [-0.3, -0.25) is 0 Å². The Morgan fingerprint density at radius 2 is 1.68 bits per heavy atom. The Bertz CT molecular complexity index is 713. The van der Waals surface area contributed by atoms with Gasteiger partial charge in [0.1, 0.15) is 17.7 Å². The Morgan fingerprint density at radius 1 is 1.00 bits per heavy atom. The quantitative estimate of drug-likeness (QED) is 0.527. The van der Waals surface area contributed by atoms with Gasteiger partial charge in [-0.25, -0.2) is 0 Å². The van der Waals surface area contributed by atoms with Crippen molar-refractivity contribution in [3.05, 3.63) is 58.7 Å². The van der Waals surface area contributed by atoms with Crippen LogP contribution in [-0.2, 0) is 0 Å². The fraction of sp³-hybridized carbons (Fsp3) is 0.400. The molecular weight excluding hydrogens is 268 g/mol. The van der Waals surface area contributed by atoms with Crippen LogP contribution in [0.25, 0.3) is 0 Å². The molecule has 0 spiro atoms. The summed E-state index contributed by atoms with van der Waals surface area (Å²) in [4.78, 5) is 0. The second-order valence-corrected chi connectivity index (χ2v) is 6.66. The summed E-state index contributed by atoms with van der Waals surface area (Å²) in [7, 11) is 0. The number of nitriles is 2. The van der Waals surface area contributed by atoms with Crippen LogP contribution in [0.3, 0.4) is 0 Å². The summed E-state index contributed by atoms with van der Waals surface area (Å²) in [5.41, 5.74) is 4.02. The molecule has 2 heteroatoms. The van der Waals surface area contributed by atoms with Crippen molar-refractivity contribution in [3.63, 3.8) is 0 Å². The second-order valence-electron chi connectivity index (χ2n) is 6.66. The largest absolute Gasteiger partial charge is 0.192 e. The first-order valence-electron chi connectivity index (χ1n) is 7.88. The molecule has 0 aromatic carbocycles. The lowest BCUT2D eigenvalue weighted by Crippen LogP contribution is -2.27. The van der Waals surface area contributed by atoms with Crippen molar-refractivity contribution >= 4 is 0 Å². The smallest absolute Gasteiger partial charge is 0.133 e. The predicted molar refractivity (Wildman–Crippen MR) is 87.2 cm³/mol. The lowest BCUT2D eigenvalue weighted by Gasteiger charge is -2.34. The fourth-order valence-corrected chi connectivity index (χ4v) is 3.91. The highest BCUT2D eigenvalue weighted by molar-refractivity contribution is 5.52. The number of hydrogen-bond donors (Lipinski definition) is 0. The maximum Gasteiger partial charge on any atom is 0.133 e. The molecule has 22 heavy (non-hydrogen) atoms. The number of nitrogens with zero attached hydrogens (tertiary/aromatic N) is 2. The number of rotatable bonds is 1. The highest BCUT2D eigenvalue weighted by atomic mass is 14.5. The van der Waals surface area contributed by atoms with Crippen LogP contribution in [0.1, 0.15) is 20.8 Å². The SMILES string of the molecule is C/C(=C1/C=C[C@@H]2[C@H]1[C@H]1C=CC(=C(C#N)C#N)[C@@H]2C=C1)C(C)C. The first-order valence-corrected chi connectivity index (χ1v) is 7.88. The van der Waals surface area contributed by atoms with Crippen LogP contribution < -0.4 is 0 Å². The first kappa shape index (κ1) is 14.6. The van der Waals surface area contributed by atoms with Gasteiger partial charge in [0.05, 0.1) is 0 Å². The highest BCUT2D eigenvalue weighted by Crippen LogP contribution is 2.51. The maximum absolute atomic E-state index is 9.23. The summed E-state index contributed by atoms with van der Waals surface area (Å²) in [6.45, 7) is 6.70. The van der Waals surface area contributed by atoms with Crippen LogP contribution in [0.5, 0.6) is 0 Å². The van der Waals surface area contributed by atoms with Crippen molar-refractivity contribution in [1.29, 1.82) is 10.5 Å². The van der Waals surface area contributed by atoms with Crippen LogP contribution in [-0.4, -0.2) is 0 Å². The molecule has 0 N–H and O–H groups in total. The van der Waals surface area contributed by atoms with Crippen LogP contribution in [0, 0.1) is 52.3 Å². The van der Waals surface area contributed by atoms with Gasteiger partial charge in [0.25, 0.3) is 0 Å². The molecular formula is C20H20N2. The molecule has 0 fully saturated rings. The summed E-state index contributed by atoms with van der Waals surface area (Å²) in [5, 5.41) is 18.5. The van der Waals surface area contributed by atoms with E-state index in [1.54, 1.807) is 0 Å². The van der Waals surface area contributed by atoms with Gasteiger partial charge in [-0.05, 0) is 29.9 Å². The van der Waals surface area contributed by atoms with Gasteiger partial charge >= 0.3 is 0 Å². The average molecular weight is 288 g/mol. The average Bonchev–Trinajstić information content (AvgIpc) is 2.79. The predicted octanol–water partition coefficient (Wildman–Crippen LogP) is 4.48. The molecule has 0 amide bonds. The monoisotopic (exact) mass is 288 g/mol. The minimum atomic E-state index is 0.142. The van der Waals surface area contributed by atoms with Crippen molar-refractivity contribution in [2.75, 3.05) is 0 Å². The lowest BCUT2D eigenvalue weighted by molar-refractivity contribution is 0.355. The summed E-state index contributed by atoms with van der Waals surface area (Å²) in [6, 6.07) is 4.12. The second kappa shape index (κ2) is 5.47. The Morgan fingerprint density at radius 3 is 2.32 bits per heavy atom. The molecule has 2 nitrogen and oxygen atoms in total. The van der Waals surface area contributed by atoms with Gasteiger partial charge in [-0.15, -0.1) is 0 Å². The van der Waals surface area contributed by atoms with E-state index in [9.17, 15) is 10.5 Å². The van der Waals surface area contributed by atoms with E-state index >= 15 is 0 Å². The third-order valence-electron chi connectivity index (χ3n) is 5.33. The summed E-state index contributed by atoms with van der Waals surface area (Å²) in [6.07, 6.45) is 13.2. The molecule has 0 aromatic rings. The molecule has 4 aliphatic rings. The Balaban J connectivity index is 2.12. The van der Waals surface area contributed by atoms with Gasteiger partial charge in [0.2, 0.25) is 0 Å². The van der Waals surface area contributed by atoms with E-state index in [1.807, 2.05) is 6.08 Å². The zero-order chi connectivity index (χ0) is 15.9. The molecule has 0 aliphatic heterocycles. The minimum absolute atomic E-state index is 0.142. The highest BCUT2D eigenvalue weighted by Gasteiger charge is 2.42. The normalized spacial score (nSPS) is 33.5. The zero-order valence-electron chi connectivity index (χ0n) is 13.2. The van der Waals surface area contributed by atoms with E-state index < -0.39 is 0 Å². The number of fused-ring (bicyclic) bond motifs is 1. The van der Waals surface area contributed by atoms with E-state index in [0.29, 0.717) is 23.7 Å². The minimum Gasteiger partial charge on any atom is -0.192 e. The molecule has 0 radical (unpaired) electrons. The lowest BCUT2D eigenvalue weighted by atomic mass is 9.69. The van der Waals surface area contributed by atoms with Crippen LogP contribution in [0.2, 0.25) is 0 Å². The maximum atomic E-state index is 9.23. The van der Waals surface area contributed by atoms with Crippen molar-refractivity contribution < 1.29 is 0 Å². The van der Waals surface area contributed by atoms with Gasteiger partial charge in [0, 0.05) is 17.8 Å². The van der Waals surface area contributed by atoms with Crippen molar-refractivity contribution in [3.8, 4) is 12.1 Å². The molecule has 0 heterocycles. The van der Waals surface area contributed by atoms with Gasteiger partial charge < -0.3 is 0 Å². The van der Waals surface area contributed by atoms with Gasteiger partial charge in [-0.1, -0.05) is 55.9 Å². The van der Waals surface area contributed by atoms with Crippen LogP contribution in [0.15, 0.2) is 58.7 Å². The summed E-state index contributed by atoms with van der Waals surface area (Å²) in [5.74, 6) is 1.85. The van der Waals surface area contributed by atoms with Gasteiger partial charge in [-0.2, -0.15) is 10.5 Å². The molecule has 0 unspecified atom stereocenters. The molecule has 4 rings (SSSR count). The van der Waals surface area contributed by atoms with E-state index in [1.165, 1.54) is 11.1 Å². The van der Waals surface area contributed by atoms with Crippen molar-refractivity contribution in [2.24, 2.45) is 29.6 Å². The van der Waals surface area contributed by atoms with Crippen molar-refractivity contribution in [2.45, 2.75) is 20.8 Å².